The van der Waals surface area contributed by atoms with Gasteiger partial charge < -0.3 is 10.1 Å². The molecule has 0 spiro atoms. The first-order valence-electron chi connectivity index (χ1n) is 6.19. The molecule has 1 N–H and O–H groups in total. The number of anilines is 1. The zero-order valence-electron chi connectivity index (χ0n) is 10.9. The fourth-order valence-corrected chi connectivity index (χ4v) is 2.76. The van der Waals surface area contributed by atoms with Gasteiger partial charge in [-0.15, -0.1) is 11.3 Å². The highest BCUT2D eigenvalue weighted by atomic mass is 32.1. The molecule has 0 aliphatic heterocycles. The Morgan fingerprint density at radius 2 is 1.90 bits per heavy atom. The van der Waals surface area contributed by atoms with Gasteiger partial charge in [0, 0.05) is 16.0 Å². The number of carbonyl (C=O) groups excluding carboxylic acids is 1. The summed E-state index contributed by atoms with van der Waals surface area (Å²) in [6.45, 7) is 0. The molecule has 3 rings (SSSR count). The number of hydrogen-bond donors (Lipinski definition) is 1. The van der Waals surface area contributed by atoms with Crippen LogP contribution in [0.2, 0.25) is 0 Å². The largest absolute Gasteiger partial charge is 0.497 e. The van der Waals surface area contributed by atoms with Crippen LogP contribution in [0.3, 0.4) is 0 Å². The van der Waals surface area contributed by atoms with Crippen molar-refractivity contribution in [2.24, 2.45) is 0 Å². The zero-order valence-corrected chi connectivity index (χ0v) is 11.7. The summed E-state index contributed by atoms with van der Waals surface area (Å²) in [6.07, 6.45) is 0. The zero-order chi connectivity index (χ0) is 13.9. The van der Waals surface area contributed by atoms with Crippen LogP contribution in [0, 0.1) is 0 Å². The number of nitrogens with one attached hydrogen (secondary N) is 1. The van der Waals surface area contributed by atoms with Crippen molar-refractivity contribution in [3.8, 4) is 5.75 Å². The number of ether oxygens (including phenoxy) is 1. The van der Waals surface area contributed by atoms with Crippen LogP contribution in [0.4, 0.5) is 5.69 Å². The van der Waals surface area contributed by atoms with Crippen LogP contribution in [0.15, 0.2) is 53.9 Å². The van der Waals surface area contributed by atoms with Gasteiger partial charge in [-0.1, -0.05) is 0 Å². The van der Waals surface area contributed by atoms with Crippen LogP contribution in [-0.2, 0) is 0 Å². The lowest BCUT2D eigenvalue weighted by molar-refractivity contribution is 0.102. The smallest absolute Gasteiger partial charge is 0.255 e. The van der Waals surface area contributed by atoms with Gasteiger partial charge in [0.25, 0.3) is 5.91 Å². The van der Waals surface area contributed by atoms with Gasteiger partial charge in [-0.25, -0.2) is 0 Å². The Morgan fingerprint density at radius 1 is 1.10 bits per heavy atom. The predicted molar refractivity (Wildman–Crippen MR) is 82.8 cm³/mol. The first kappa shape index (κ1) is 12.7. The van der Waals surface area contributed by atoms with Crippen molar-refractivity contribution in [3.05, 3.63) is 59.5 Å². The molecule has 0 bridgehead atoms. The van der Waals surface area contributed by atoms with E-state index in [9.17, 15) is 4.79 Å². The molecule has 0 aliphatic carbocycles. The van der Waals surface area contributed by atoms with E-state index in [2.05, 4.69) is 5.32 Å². The Morgan fingerprint density at radius 3 is 2.65 bits per heavy atom. The van der Waals surface area contributed by atoms with Crippen LogP contribution in [0.5, 0.6) is 5.75 Å². The summed E-state index contributed by atoms with van der Waals surface area (Å²) in [6, 6.07) is 15.0. The van der Waals surface area contributed by atoms with Gasteiger partial charge in [0.1, 0.15) is 5.75 Å². The van der Waals surface area contributed by atoms with Gasteiger partial charge in [0.15, 0.2) is 0 Å². The average molecular weight is 283 g/mol. The number of carbonyl (C=O) groups is 1. The standard InChI is InChI=1S/C16H13NO2S/c1-19-14-5-3-13(4-6-14)17-16(18)12-2-7-15-11(10-12)8-9-20-15/h2-10H,1H3,(H,17,18). The van der Waals surface area contributed by atoms with Gasteiger partial charge in [0.2, 0.25) is 0 Å². The molecule has 0 aliphatic rings. The van der Waals surface area contributed by atoms with E-state index >= 15 is 0 Å². The minimum Gasteiger partial charge on any atom is -0.497 e. The summed E-state index contributed by atoms with van der Waals surface area (Å²) >= 11 is 1.67. The summed E-state index contributed by atoms with van der Waals surface area (Å²) in [5.41, 5.74) is 1.41. The molecule has 0 saturated heterocycles. The molecule has 100 valence electrons. The molecule has 0 radical (unpaired) electrons. The fraction of sp³-hybridized carbons (Fsp3) is 0.0625. The molecule has 3 aromatic rings. The summed E-state index contributed by atoms with van der Waals surface area (Å²) in [4.78, 5) is 12.2. The molecule has 0 fully saturated rings. The Balaban J connectivity index is 1.80. The third-order valence-electron chi connectivity index (χ3n) is 3.06. The Kier molecular flexibility index (Phi) is 3.39. The molecule has 1 aromatic heterocycles. The number of thiophene rings is 1. The van der Waals surface area contributed by atoms with Gasteiger partial charge in [0.05, 0.1) is 7.11 Å². The highest BCUT2D eigenvalue weighted by Gasteiger charge is 2.07. The maximum absolute atomic E-state index is 12.2. The van der Waals surface area contributed by atoms with E-state index in [0.29, 0.717) is 5.56 Å². The van der Waals surface area contributed by atoms with E-state index in [0.717, 1.165) is 16.8 Å². The van der Waals surface area contributed by atoms with Crippen molar-refractivity contribution in [1.82, 2.24) is 0 Å². The molecule has 0 atom stereocenters. The monoisotopic (exact) mass is 283 g/mol. The van der Waals surface area contributed by atoms with Gasteiger partial charge >= 0.3 is 0 Å². The molecule has 0 unspecified atom stereocenters. The summed E-state index contributed by atoms with van der Waals surface area (Å²) in [7, 11) is 1.61. The van der Waals surface area contributed by atoms with Crippen LogP contribution >= 0.6 is 11.3 Å². The van der Waals surface area contributed by atoms with Crippen molar-refractivity contribution in [2.45, 2.75) is 0 Å². The predicted octanol–water partition coefficient (Wildman–Crippen LogP) is 4.16. The number of hydrogen-bond acceptors (Lipinski definition) is 3. The molecule has 20 heavy (non-hydrogen) atoms. The second kappa shape index (κ2) is 5.35. The highest BCUT2D eigenvalue weighted by molar-refractivity contribution is 7.17. The van der Waals surface area contributed by atoms with E-state index in [1.54, 1.807) is 18.4 Å². The normalized spacial score (nSPS) is 10.4. The van der Waals surface area contributed by atoms with Crippen molar-refractivity contribution >= 4 is 33.0 Å². The van der Waals surface area contributed by atoms with Gasteiger partial charge in [-0.3, -0.25) is 4.79 Å². The number of benzene rings is 2. The van der Waals surface area contributed by atoms with E-state index in [4.69, 9.17) is 4.74 Å². The lowest BCUT2D eigenvalue weighted by atomic mass is 10.1. The van der Waals surface area contributed by atoms with Crippen LogP contribution in [0.25, 0.3) is 10.1 Å². The van der Waals surface area contributed by atoms with Crippen LogP contribution in [-0.4, -0.2) is 13.0 Å². The van der Waals surface area contributed by atoms with Gasteiger partial charge in [-0.2, -0.15) is 0 Å². The Bertz CT molecular complexity index is 747. The fourth-order valence-electron chi connectivity index (χ4n) is 1.99. The SMILES string of the molecule is COc1ccc(NC(=O)c2ccc3sccc3c2)cc1. The van der Waals surface area contributed by atoms with E-state index in [-0.39, 0.29) is 5.91 Å². The quantitative estimate of drug-likeness (QED) is 0.783. The maximum atomic E-state index is 12.2. The highest BCUT2D eigenvalue weighted by Crippen LogP contribution is 2.22. The van der Waals surface area contributed by atoms with E-state index in [1.807, 2.05) is 53.9 Å². The van der Waals surface area contributed by atoms with Crippen molar-refractivity contribution in [2.75, 3.05) is 12.4 Å². The van der Waals surface area contributed by atoms with E-state index < -0.39 is 0 Å². The van der Waals surface area contributed by atoms with Crippen molar-refractivity contribution in [3.63, 3.8) is 0 Å². The first-order chi connectivity index (χ1) is 9.76. The lowest BCUT2D eigenvalue weighted by Gasteiger charge is -2.06. The molecule has 4 heteroatoms. The van der Waals surface area contributed by atoms with Crippen molar-refractivity contribution in [1.29, 1.82) is 0 Å². The molecular formula is C16H13NO2S. The third kappa shape index (κ3) is 2.51. The number of fused-ring (bicyclic) bond motifs is 1. The Labute approximate surface area is 120 Å². The maximum Gasteiger partial charge on any atom is 0.255 e. The molecule has 0 saturated carbocycles. The average Bonchev–Trinajstić information content (AvgIpc) is 2.95. The molecule has 3 nitrogen and oxygen atoms in total. The summed E-state index contributed by atoms with van der Waals surface area (Å²) in [5, 5.41) is 5.99. The Hall–Kier alpha value is -2.33. The molecular weight excluding hydrogens is 270 g/mol. The topological polar surface area (TPSA) is 38.3 Å². The van der Waals surface area contributed by atoms with Crippen LogP contribution in [0.1, 0.15) is 10.4 Å². The molecule has 1 heterocycles. The second-order valence-corrected chi connectivity index (χ2v) is 5.30. The molecule has 1 amide bonds. The van der Waals surface area contributed by atoms with Gasteiger partial charge in [-0.05, 0) is 59.3 Å². The number of amides is 1. The number of rotatable bonds is 3. The summed E-state index contributed by atoms with van der Waals surface area (Å²) < 4.78 is 6.27. The van der Waals surface area contributed by atoms with Crippen LogP contribution < -0.4 is 10.1 Å². The first-order valence-corrected chi connectivity index (χ1v) is 7.07. The number of methoxy groups -OCH3 is 1. The molecule has 2 aromatic carbocycles. The van der Waals surface area contributed by atoms with Crippen molar-refractivity contribution < 1.29 is 9.53 Å². The van der Waals surface area contributed by atoms with E-state index in [1.165, 1.54) is 4.70 Å². The summed E-state index contributed by atoms with van der Waals surface area (Å²) in [5.74, 6) is 0.658. The minimum absolute atomic E-state index is 0.108. The lowest BCUT2D eigenvalue weighted by Crippen LogP contribution is -2.11. The third-order valence-corrected chi connectivity index (χ3v) is 3.96. The minimum atomic E-state index is -0.108. The second-order valence-electron chi connectivity index (χ2n) is 4.36.